The molecule has 3 nitrogen and oxygen atoms in total. The molecule has 29 heavy (non-hydrogen) atoms. The molecule has 0 saturated carbocycles. The lowest BCUT2D eigenvalue weighted by atomic mass is 10.0. The molecule has 0 N–H and O–H groups in total. The van der Waals surface area contributed by atoms with Crippen LogP contribution in [-0.2, 0) is 4.57 Å². The Bertz CT molecular complexity index is 431. The van der Waals surface area contributed by atoms with E-state index in [0.29, 0.717) is 10.9 Å². The van der Waals surface area contributed by atoms with Crippen molar-refractivity contribution in [3.63, 3.8) is 0 Å². The Balaban J connectivity index is 3.61. The molecule has 0 radical (unpaired) electrons. The van der Waals surface area contributed by atoms with Gasteiger partial charge < -0.3 is 4.89 Å². The highest BCUT2D eigenvalue weighted by Crippen LogP contribution is 2.44. The van der Waals surface area contributed by atoms with Crippen LogP contribution in [0.15, 0.2) is 12.2 Å². The topological polar surface area (TPSA) is 40.1 Å². The molecule has 0 aromatic rings. The summed E-state index contributed by atoms with van der Waals surface area (Å²) in [5.41, 5.74) is 0. The minimum atomic E-state index is -2.41. The minimum absolute atomic E-state index is 0.509. The van der Waals surface area contributed by atoms with Crippen LogP contribution in [0, 0.1) is 0 Å². The third-order valence-corrected chi connectivity index (χ3v) is 8.31. The van der Waals surface area contributed by atoms with Crippen molar-refractivity contribution in [2.75, 3.05) is 21.1 Å². The molecular formula is C25H51NO2P+. The molecule has 0 aromatic heterocycles. The first kappa shape index (κ1) is 28.8. The van der Waals surface area contributed by atoms with Crippen molar-refractivity contribution >= 4 is 8.03 Å². The van der Waals surface area contributed by atoms with Crippen LogP contribution in [-0.4, -0.2) is 30.9 Å². The van der Waals surface area contributed by atoms with Gasteiger partial charge in [0.1, 0.15) is 0 Å². The molecule has 0 aromatic carbocycles. The molecule has 2 atom stereocenters. The van der Waals surface area contributed by atoms with Crippen LogP contribution >= 0.6 is 8.03 Å². The van der Waals surface area contributed by atoms with E-state index in [1.165, 1.54) is 83.5 Å². The Kier molecular flexibility index (Phi) is 17.3. The maximum absolute atomic E-state index is 11.9. The molecule has 0 fully saturated rings. The van der Waals surface area contributed by atoms with Gasteiger partial charge >= 0.3 is 8.03 Å². The van der Waals surface area contributed by atoms with E-state index in [4.69, 9.17) is 0 Å². The predicted octanol–water partition coefficient (Wildman–Crippen LogP) is 7.72. The number of rotatable bonds is 20. The highest BCUT2D eigenvalue weighted by Gasteiger charge is 2.52. The average Bonchev–Trinajstić information content (AvgIpc) is 2.66. The van der Waals surface area contributed by atoms with Crippen LogP contribution in [0.1, 0.15) is 123 Å². The van der Waals surface area contributed by atoms with Gasteiger partial charge in [-0.25, -0.2) is 0 Å². The minimum Gasteiger partial charge on any atom is -0.590 e. The largest absolute Gasteiger partial charge is 0.590 e. The van der Waals surface area contributed by atoms with E-state index < -0.39 is 13.3 Å². The average molecular weight is 429 g/mol. The summed E-state index contributed by atoms with van der Waals surface area (Å²) in [6.45, 7) is 4.28. The zero-order valence-corrected chi connectivity index (χ0v) is 21.3. The van der Waals surface area contributed by atoms with Crippen molar-refractivity contribution in [1.82, 2.24) is 0 Å². The van der Waals surface area contributed by atoms with Crippen molar-refractivity contribution < 1.29 is 13.9 Å². The molecule has 0 amide bonds. The van der Waals surface area contributed by atoms with Gasteiger partial charge in [0.2, 0.25) is 0 Å². The first-order valence-corrected chi connectivity index (χ1v) is 13.6. The van der Waals surface area contributed by atoms with Crippen LogP contribution in [0.2, 0.25) is 0 Å². The lowest BCUT2D eigenvalue weighted by Gasteiger charge is -2.39. The zero-order valence-electron chi connectivity index (χ0n) is 20.4. The van der Waals surface area contributed by atoms with Gasteiger partial charge in [-0.1, -0.05) is 94.8 Å². The third kappa shape index (κ3) is 12.9. The maximum atomic E-state index is 11.9. The molecule has 0 spiro atoms. The summed E-state index contributed by atoms with van der Waals surface area (Å²) in [6.07, 6.45) is 25.7. The van der Waals surface area contributed by atoms with Gasteiger partial charge in [0.15, 0.2) is 0 Å². The Hall–Kier alpha value is -0.240. The summed E-state index contributed by atoms with van der Waals surface area (Å²) in [6, 6.07) is 0. The number of allylic oxidation sites excluding steroid dienone is 2. The van der Waals surface area contributed by atoms with Gasteiger partial charge in [0.05, 0.1) is 21.1 Å². The highest BCUT2D eigenvalue weighted by molar-refractivity contribution is 7.38. The molecule has 0 rings (SSSR count). The monoisotopic (exact) mass is 428 g/mol. The van der Waals surface area contributed by atoms with Gasteiger partial charge in [-0.2, -0.15) is 0 Å². The zero-order chi connectivity index (χ0) is 22.0. The molecule has 0 aliphatic carbocycles. The van der Waals surface area contributed by atoms with E-state index in [0.717, 1.165) is 19.3 Å². The van der Waals surface area contributed by atoms with Crippen LogP contribution in [0.25, 0.3) is 0 Å². The van der Waals surface area contributed by atoms with E-state index in [1.807, 2.05) is 28.1 Å². The molecule has 0 saturated heterocycles. The van der Waals surface area contributed by atoms with E-state index in [-0.39, 0.29) is 0 Å². The van der Waals surface area contributed by atoms with Crippen molar-refractivity contribution in [1.29, 1.82) is 0 Å². The quantitative estimate of drug-likeness (QED) is 0.0861. The summed E-state index contributed by atoms with van der Waals surface area (Å²) in [4.78, 5) is 11.9. The number of quaternary nitrogens is 1. The van der Waals surface area contributed by atoms with Crippen molar-refractivity contribution in [2.45, 2.75) is 128 Å². The van der Waals surface area contributed by atoms with E-state index in [9.17, 15) is 9.46 Å². The normalized spacial score (nSPS) is 15.0. The fraction of sp³-hybridized carbons (Fsp3) is 0.920. The molecule has 0 heterocycles. The maximum Gasteiger partial charge on any atom is 0.376 e. The second-order valence-corrected chi connectivity index (χ2v) is 11.0. The third-order valence-electron chi connectivity index (χ3n) is 6.49. The fourth-order valence-corrected chi connectivity index (χ4v) is 5.37. The Morgan fingerprint density at radius 2 is 1.14 bits per heavy atom. The fourth-order valence-electron chi connectivity index (χ4n) is 4.28. The van der Waals surface area contributed by atoms with Crippen molar-refractivity contribution in [3.05, 3.63) is 12.2 Å². The first-order valence-electron chi connectivity index (χ1n) is 12.4. The molecular weight excluding hydrogens is 377 g/mol. The van der Waals surface area contributed by atoms with Gasteiger partial charge in [-0.3, -0.25) is 4.48 Å². The standard InChI is InChI=1S/C25H51NO2P/c1-6-8-9-10-11-12-13-14-15-16-17-18-19-20-21-22-23-24-25(7-2,29(27)28)26(3,4)5/h13-14H,6-12,15-24H2,1-5H3/q+1/b14-13-. The summed E-state index contributed by atoms with van der Waals surface area (Å²) in [5, 5.41) is -0.599. The number of nitrogens with zero attached hydrogens (tertiary/aromatic N) is 1. The summed E-state index contributed by atoms with van der Waals surface area (Å²) >= 11 is 0. The summed E-state index contributed by atoms with van der Waals surface area (Å²) in [5.74, 6) is 0. The van der Waals surface area contributed by atoms with Gasteiger partial charge in [-0.15, -0.1) is 0 Å². The lowest BCUT2D eigenvalue weighted by molar-refractivity contribution is -0.910. The first-order chi connectivity index (χ1) is 13.8. The van der Waals surface area contributed by atoms with E-state index in [1.54, 1.807) is 0 Å². The SMILES string of the molecule is CCCCCCC/C=C\CCCCCCCCCCC(CC)([P+](=O)[O-])[N+](C)(C)C. The number of unbranched alkanes of at least 4 members (excludes halogenated alkanes) is 13. The molecule has 172 valence electrons. The number of hydrogen-bond donors (Lipinski definition) is 0. The Labute approximate surface area is 183 Å². The van der Waals surface area contributed by atoms with E-state index in [2.05, 4.69) is 19.1 Å². The molecule has 0 bridgehead atoms. The van der Waals surface area contributed by atoms with Crippen LogP contribution in [0.5, 0.6) is 0 Å². The molecule has 0 aliphatic heterocycles. The summed E-state index contributed by atoms with van der Waals surface area (Å²) in [7, 11) is 3.62. The Morgan fingerprint density at radius 1 is 0.724 bits per heavy atom. The van der Waals surface area contributed by atoms with Gasteiger partial charge in [0, 0.05) is 12.8 Å². The second kappa shape index (κ2) is 17.4. The van der Waals surface area contributed by atoms with Gasteiger partial charge in [0.25, 0.3) is 5.28 Å². The van der Waals surface area contributed by atoms with Crippen molar-refractivity contribution in [3.8, 4) is 0 Å². The summed E-state index contributed by atoms with van der Waals surface area (Å²) < 4.78 is 12.4. The second-order valence-electron chi connectivity index (χ2n) is 9.65. The Morgan fingerprint density at radius 3 is 1.52 bits per heavy atom. The molecule has 0 aliphatic rings. The molecule has 2 unspecified atom stereocenters. The lowest BCUT2D eigenvalue weighted by Crippen LogP contribution is -2.55. The van der Waals surface area contributed by atoms with Crippen LogP contribution < -0.4 is 4.89 Å². The van der Waals surface area contributed by atoms with Gasteiger partial charge in [-0.05, 0) is 32.1 Å². The van der Waals surface area contributed by atoms with Crippen LogP contribution in [0.4, 0.5) is 0 Å². The smallest absolute Gasteiger partial charge is 0.376 e. The highest BCUT2D eigenvalue weighted by atomic mass is 31.1. The predicted molar refractivity (Wildman–Crippen MR) is 127 cm³/mol. The van der Waals surface area contributed by atoms with Crippen molar-refractivity contribution in [2.24, 2.45) is 0 Å². The molecule has 4 heteroatoms. The van der Waals surface area contributed by atoms with E-state index >= 15 is 0 Å². The van der Waals surface area contributed by atoms with Crippen LogP contribution in [0.3, 0.4) is 0 Å². The number of hydrogen-bond acceptors (Lipinski definition) is 2.